The summed E-state index contributed by atoms with van der Waals surface area (Å²) >= 11 is 9.49. The van der Waals surface area contributed by atoms with Gasteiger partial charge in [0.05, 0.1) is 5.02 Å². The van der Waals surface area contributed by atoms with Crippen molar-refractivity contribution in [3.05, 3.63) is 52.2 Å². The number of hydrogen-bond acceptors (Lipinski definition) is 3. The molecule has 3 rings (SSSR count). The van der Waals surface area contributed by atoms with Gasteiger partial charge in [-0.05, 0) is 59.1 Å². The van der Waals surface area contributed by atoms with Crippen molar-refractivity contribution in [1.29, 1.82) is 0 Å². The standard InChI is InChI=1S/C16H17BrClN3/c17-15-11-13(1-2-16(15)18)20-12-5-9-21(10-6-12)14-3-7-19-8-4-14/h1-4,7-8,11-12,20H,5-6,9-10H2. The SMILES string of the molecule is Clc1ccc(NC2CCN(c3ccncc3)CC2)cc1Br. The lowest BCUT2D eigenvalue weighted by molar-refractivity contribution is 0.526. The number of aromatic nitrogens is 1. The molecule has 3 nitrogen and oxygen atoms in total. The molecule has 0 unspecified atom stereocenters. The fourth-order valence-electron chi connectivity index (χ4n) is 2.66. The number of hydrogen-bond donors (Lipinski definition) is 1. The maximum atomic E-state index is 6.02. The minimum absolute atomic E-state index is 0.510. The molecule has 0 saturated carbocycles. The van der Waals surface area contributed by atoms with Crippen molar-refractivity contribution >= 4 is 38.9 Å². The van der Waals surface area contributed by atoms with Crippen LogP contribution in [0.1, 0.15) is 12.8 Å². The van der Waals surface area contributed by atoms with Gasteiger partial charge in [0, 0.05) is 47.4 Å². The number of anilines is 2. The molecule has 1 aromatic heterocycles. The van der Waals surface area contributed by atoms with Crippen molar-refractivity contribution in [2.75, 3.05) is 23.3 Å². The van der Waals surface area contributed by atoms with E-state index in [9.17, 15) is 0 Å². The summed E-state index contributed by atoms with van der Waals surface area (Å²) in [6.07, 6.45) is 5.96. The van der Waals surface area contributed by atoms with Crippen molar-refractivity contribution < 1.29 is 0 Å². The molecule has 2 heterocycles. The molecular formula is C16H17BrClN3. The summed E-state index contributed by atoms with van der Waals surface area (Å²) in [6.45, 7) is 2.13. The van der Waals surface area contributed by atoms with E-state index in [0.717, 1.165) is 41.1 Å². The average Bonchev–Trinajstić information content (AvgIpc) is 2.53. The first-order chi connectivity index (χ1) is 10.2. The van der Waals surface area contributed by atoms with Crippen LogP contribution in [0.3, 0.4) is 0 Å². The van der Waals surface area contributed by atoms with Crippen LogP contribution >= 0.6 is 27.5 Å². The monoisotopic (exact) mass is 365 g/mol. The molecule has 2 aromatic rings. The van der Waals surface area contributed by atoms with E-state index in [4.69, 9.17) is 11.6 Å². The minimum Gasteiger partial charge on any atom is -0.382 e. The summed E-state index contributed by atoms with van der Waals surface area (Å²) in [4.78, 5) is 6.49. The summed E-state index contributed by atoms with van der Waals surface area (Å²) in [7, 11) is 0. The molecule has 0 spiro atoms. The fraction of sp³-hybridized carbons (Fsp3) is 0.312. The highest BCUT2D eigenvalue weighted by Gasteiger charge is 2.19. The van der Waals surface area contributed by atoms with Gasteiger partial charge in [-0.2, -0.15) is 0 Å². The van der Waals surface area contributed by atoms with Crippen molar-refractivity contribution in [1.82, 2.24) is 4.98 Å². The minimum atomic E-state index is 0.510. The Hall–Kier alpha value is -1.26. The Morgan fingerprint density at radius 3 is 2.52 bits per heavy atom. The molecule has 1 aliphatic heterocycles. The Morgan fingerprint density at radius 1 is 1.14 bits per heavy atom. The van der Waals surface area contributed by atoms with Gasteiger partial charge in [0.25, 0.3) is 0 Å². The molecule has 0 atom stereocenters. The van der Waals surface area contributed by atoms with E-state index in [-0.39, 0.29) is 0 Å². The summed E-state index contributed by atoms with van der Waals surface area (Å²) in [6, 6.07) is 10.6. The number of pyridine rings is 1. The van der Waals surface area contributed by atoms with Crippen LogP contribution in [0.25, 0.3) is 0 Å². The van der Waals surface area contributed by atoms with Gasteiger partial charge in [0.15, 0.2) is 0 Å². The molecule has 1 aliphatic rings. The Balaban J connectivity index is 1.57. The first-order valence-electron chi connectivity index (χ1n) is 7.09. The van der Waals surface area contributed by atoms with Gasteiger partial charge in [-0.15, -0.1) is 0 Å². The first kappa shape index (κ1) is 14.7. The summed E-state index contributed by atoms with van der Waals surface area (Å²) in [5.41, 5.74) is 2.38. The Kier molecular flexibility index (Phi) is 4.66. The normalized spacial score (nSPS) is 16.0. The molecular weight excluding hydrogens is 350 g/mol. The Morgan fingerprint density at radius 2 is 1.86 bits per heavy atom. The summed E-state index contributed by atoms with van der Waals surface area (Å²) in [5, 5.41) is 4.34. The predicted molar refractivity (Wildman–Crippen MR) is 92.2 cm³/mol. The molecule has 0 bridgehead atoms. The molecule has 0 aliphatic carbocycles. The van der Waals surface area contributed by atoms with E-state index in [0.29, 0.717) is 6.04 Å². The highest BCUT2D eigenvalue weighted by molar-refractivity contribution is 9.10. The van der Waals surface area contributed by atoms with E-state index in [1.807, 2.05) is 30.6 Å². The molecule has 0 radical (unpaired) electrons. The second-order valence-electron chi connectivity index (χ2n) is 5.24. The molecule has 1 saturated heterocycles. The second kappa shape index (κ2) is 6.67. The predicted octanol–water partition coefficient (Wildman–Crippen LogP) is 4.58. The van der Waals surface area contributed by atoms with Crippen molar-refractivity contribution in [3.8, 4) is 0 Å². The van der Waals surface area contributed by atoms with Crippen LogP contribution in [0.2, 0.25) is 5.02 Å². The van der Waals surface area contributed by atoms with Gasteiger partial charge in [-0.3, -0.25) is 4.98 Å². The lowest BCUT2D eigenvalue weighted by atomic mass is 10.0. The number of rotatable bonds is 3. The zero-order chi connectivity index (χ0) is 14.7. The van der Waals surface area contributed by atoms with E-state index in [1.165, 1.54) is 5.69 Å². The van der Waals surface area contributed by atoms with Crippen LogP contribution in [0.5, 0.6) is 0 Å². The van der Waals surface area contributed by atoms with Gasteiger partial charge >= 0.3 is 0 Å². The second-order valence-corrected chi connectivity index (χ2v) is 6.50. The lowest BCUT2D eigenvalue weighted by Crippen LogP contribution is -2.39. The van der Waals surface area contributed by atoms with Crippen LogP contribution in [0.4, 0.5) is 11.4 Å². The molecule has 21 heavy (non-hydrogen) atoms. The average molecular weight is 367 g/mol. The van der Waals surface area contributed by atoms with E-state index in [1.54, 1.807) is 0 Å². The lowest BCUT2D eigenvalue weighted by Gasteiger charge is -2.34. The zero-order valence-corrected chi connectivity index (χ0v) is 13.9. The molecule has 5 heteroatoms. The van der Waals surface area contributed by atoms with E-state index >= 15 is 0 Å². The third kappa shape index (κ3) is 3.69. The van der Waals surface area contributed by atoms with Gasteiger partial charge in [0.1, 0.15) is 0 Å². The zero-order valence-electron chi connectivity index (χ0n) is 11.6. The highest BCUT2D eigenvalue weighted by Crippen LogP contribution is 2.27. The maximum absolute atomic E-state index is 6.02. The largest absolute Gasteiger partial charge is 0.382 e. The van der Waals surface area contributed by atoms with Crippen LogP contribution in [-0.4, -0.2) is 24.1 Å². The summed E-state index contributed by atoms with van der Waals surface area (Å²) in [5.74, 6) is 0. The van der Waals surface area contributed by atoms with Crippen molar-refractivity contribution in [2.45, 2.75) is 18.9 Å². The van der Waals surface area contributed by atoms with Gasteiger partial charge in [0.2, 0.25) is 0 Å². The maximum Gasteiger partial charge on any atom is 0.0549 e. The molecule has 1 N–H and O–H groups in total. The highest BCUT2D eigenvalue weighted by atomic mass is 79.9. The van der Waals surface area contributed by atoms with Crippen LogP contribution < -0.4 is 10.2 Å². The number of nitrogens with one attached hydrogen (secondary N) is 1. The fourth-order valence-corrected chi connectivity index (χ4v) is 3.15. The van der Waals surface area contributed by atoms with Gasteiger partial charge in [-0.1, -0.05) is 11.6 Å². The number of halogens is 2. The quantitative estimate of drug-likeness (QED) is 0.862. The number of benzene rings is 1. The number of nitrogens with zero attached hydrogens (tertiary/aromatic N) is 2. The van der Waals surface area contributed by atoms with Crippen LogP contribution in [0.15, 0.2) is 47.2 Å². The first-order valence-corrected chi connectivity index (χ1v) is 8.26. The third-order valence-corrected chi connectivity index (χ3v) is 5.03. The number of piperidine rings is 1. The molecule has 110 valence electrons. The third-order valence-electron chi connectivity index (χ3n) is 3.81. The van der Waals surface area contributed by atoms with Crippen LogP contribution in [-0.2, 0) is 0 Å². The van der Waals surface area contributed by atoms with Gasteiger partial charge in [-0.25, -0.2) is 0 Å². The molecule has 1 fully saturated rings. The molecule has 1 aromatic carbocycles. The van der Waals surface area contributed by atoms with Crippen LogP contribution in [0, 0.1) is 0 Å². The van der Waals surface area contributed by atoms with E-state index < -0.39 is 0 Å². The van der Waals surface area contributed by atoms with Crippen molar-refractivity contribution in [3.63, 3.8) is 0 Å². The van der Waals surface area contributed by atoms with Crippen molar-refractivity contribution in [2.24, 2.45) is 0 Å². The van der Waals surface area contributed by atoms with E-state index in [2.05, 4.69) is 43.3 Å². The Bertz CT molecular complexity index is 598. The molecule has 0 amide bonds. The topological polar surface area (TPSA) is 28.2 Å². The Labute approximate surface area is 138 Å². The van der Waals surface area contributed by atoms with Gasteiger partial charge < -0.3 is 10.2 Å². The summed E-state index contributed by atoms with van der Waals surface area (Å²) < 4.78 is 0.934. The smallest absolute Gasteiger partial charge is 0.0549 e.